The highest BCUT2D eigenvalue weighted by Gasteiger charge is 2.48. The third kappa shape index (κ3) is 4.71. The third-order valence-corrected chi connectivity index (χ3v) is 7.35. The van der Waals surface area contributed by atoms with E-state index in [2.05, 4.69) is 11.1 Å². The Labute approximate surface area is 217 Å². The smallest absolute Gasteiger partial charge is 0.246 e. The summed E-state index contributed by atoms with van der Waals surface area (Å²) in [6, 6.07) is 14.8. The van der Waals surface area contributed by atoms with Crippen LogP contribution in [0.15, 0.2) is 48.5 Å². The first-order valence-electron chi connectivity index (χ1n) is 13.1. The molecule has 0 bridgehead atoms. The van der Waals surface area contributed by atoms with Crippen molar-refractivity contribution in [1.82, 2.24) is 14.8 Å². The Kier molecular flexibility index (Phi) is 7.48. The molecule has 1 N–H and O–H groups in total. The number of amides is 2. The topological polar surface area (TPSA) is 84.1 Å². The average molecular weight is 506 g/mol. The minimum atomic E-state index is -0.572. The van der Waals surface area contributed by atoms with Crippen LogP contribution in [0.2, 0.25) is 0 Å². The molecule has 2 aliphatic rings. The maximum absolute atomic E-state index is 13.9. The number of para-hydroxylation sites is 2. The van der Waals surface area contributed by atoms with Crippen molar-refractivity contribution in [2.24, 2.45) is 0 Å². The molecule has 2 atom stereocenters. The minimum Gasteiger partial charge on any atom is -0.496 e. The van der Waals surface area contributed by atoms with Crippen LogP contribution in [-0.2, 0) is 25.5 Å². The predicted octanol–water partition coefficient (Wildman–Crippen LogP) is 4.04. The van der Waals surface area contributed by atoms with Gasteiger partial charge in [-0.1, -0.05) is 36.4 Å². The fraction of sp³-hybridized carbons (Fsp3) is 0.448. The monoisotopic (exact) mass is 505 g/mol. The number of nitrogens with one attached hydrogen (secondary N) is 1. The molecule has 0 radical (unpaired) electrons. The molecular formula is C29H35N3O5. The molecule has 3 heterocycles. The van der Waals surface area contributed by atoms with Gasteiger partial charge in [0.2, 0.25) is 11.8 Å². The molecule has 1 fully saturated rings. The van der Waals surface area contributed by atoms with Crippen LogP contribution in [0.4, 0.5) is 0 Å². The molecule has 8 heteroatoms. The molecular weight excluding hydrogens is 470 g/mol. The zero-order chi connectivity index (χ0) is 25.9. The standard InChI is InChI=1S/C29H35N3O5/c1-4-36-26(37-5-2)15-10-16-31-18-25(33)32-23(29(31)34)17-21-19-11-6-8-13-22(19)30-27(21)28(32)20-12-7-9-14-24(20)35-3/h6-9,11-14,23,26,28,30H,4-5,10,15-18H2,1-3H3/t23-,28-/m0/s1. The van der Waals surface area contributed by atoms with Crippen LogP contribution in [0.5, 0.6) is 5.75 Å². The summed E-state index contributed by atoms with van der Waals surface area (Å²) in [7, 11) is 1.63. The number of rotatable bonds is 10. The molecule has 1 aromatic heterocycles. The van der Waals surface area contributed by atoms with Crippen molar-refractivity contribution < 1.29 is 23.8 Å². The SMILES string of the molecule is CCOC(CCCN1CC(=O)N2[C@@H](c3ccccc3OC)c3[nH]c4ccccc4c3C[C@H]2C1=O)OCC. The van der Waals surface area contributed by atoms with Gasteiger partial charge in [-0.15, -0.1) is 0 Å². The normalized spacial score (nSPS) is 19.5. The first kappa shape index (κ1) is 25.3. The van der Waals surface area contributed by atoms with Crippen molar-refractivity contribution in [1.29, 1.82) is 0 Å². The number of aromatic nitrogens is 1. The van der Waals surface area contributed by atoms with E-state index in [1.54, 1.807) is 16.9 Å². The van der Waals surface area contributed by atoms with Gasteiger partial charge in [-0.25, -0.2) is 0 Å². The van der Waals surface area contributed by atoms with Gasteiger partial charge >= 0.3 is 0 Å². The number of benzene rings is 2. The second-order valence-corrected chi connectivity index (χ2v) is 9.47. The maximum Gasteiger partial charge on any atom is 0.246 e. The Morgan fingerprint density at radius 2 is 1.76 bits per heavy atom. The molecule has 0 aliphatic carbocycles. The van der Waals surface area contributed by atoms with Gasteiger partial charge in [0.25, 0.3) is 0 Å². The van der Waals surface area contributed by atoms with Crippen molar-refractivity contribution in [2.75, 3.05) is 33.4 Å². The Hall–Kier alpha value is -3.36. The van der Waals surface area contributed by atoms with Crippen molar-refractivity contribution in [2.45, 2.75) is 51.5 Å². The van der Waals surface area contributed by atoms with Crippen molar-refractivity contribution >= 4 is 22.7 Å². The molecule has 2 aromatic carbocycles. The molecule has 37 heavy (non-hydrogen) atoms. The number of carbonyl (C=O) groups is 2. The van der Waals surface area contributed by atoms with E-state index in [-0.39, 0.29) is 24.6 Å². The summed E-state index contributed by atoms with van der Waals surface area (Å²) in [6.07, 6.45) is 1.56. The summed E-state index contributed by atoms with van der Waals surface area (Å²) in [6.45, 7) is 5.57. The molecule has 2 amide bonds. The third-order valence-electron chi connectivity index (χ3n) is 7.35. The van der Waals surface area contributed by atoms with E-state index in [1.165, 1.54) is 0 Å². The fourth-order valence-electron chi connectivity index (χ4n) is 5.76. The number of methoxy groups -OCH3 is 1. The van der Waals surface area contributed by atoms with Gasteiger partial charge in [0.1, 0.15) is 17.8 Å². The lowest BCUT2D eigenvalue weighted by Crippen LogP contribution is -2.63. The molecule has 0 unspecified atom stereocenters. The van der Waals surface area contributed by atoms with Crippen LogP contribution in [-0.4, -0.2) is 72.3 Å². The molecule has 3 aromatic rings. The first-order valence-corrected chi connectivity index (χ1v) is 13.1. The maximum atomic E-state index is 13.9. The van der Waals surface area contributed by atoms with Crippen molar-refractivity contribution in [3.8, 4) is 5.75 Å². The molecule has 0 spiro atoms. The predicted molar refractivity (Wildman–Crippen MR) is 140 cm³/mol. The summed E-state index contributed by atoms with van der Waals surface area (Å²) in [5, 5.41) is 1.09. The number of ether oxygens (including phenoxy) is 3. The lowest BCUT2D eigenvalue weighted by molar-refractivity contribution is -0.159. The van der Waals surface area contributed by atoms with Crippen molar-refractivity contribution in [3.63, 3.8) is 0 Å². The van der Waals surface area contributed by atoms with Gasteiger partial charge in [0, 0.05) is 54.8 Å². The number of hydrogen-bond acceptors (Lipinski definition) is 5. The molecule has 0 saturated carbocycles. The number of hydrogen-bond donors (Lipinski definition) is 1. The Balaban J connectivity index is 1.47. The van der Waals surface area contributed by atoms with Crippen LogP contribution in [0.3, 0.4) is 0 Å². The highest BCUT2D eigenvalue weighted by molar-refractivity contribution is 5.97. The lowest BCUT2D eigenvalue weighted by atomic mass is 9.86. The summed E-state index contributed by atoms with van der Waals surface area (Å²) < 4.78 is 17.0. The number of aromatic amines is 1. The van der Waals surface area contributed by atoms with E-state index < -0.39 is 12.1 Å². The number of fused-ring (bicyclic) bond motifs is 4. The summed E-state index contributed by atoms with van der Waals surface area (Å²) in [5.41, 5.74) is 3.91. The number of nitrogens with zero attached hydrogens (tertiary/aromatic N) is 2. The number of H-pyrrole nitrogens is 1. The van der Waals surface area contributed by atoms with E-state index in [4.69, 9.17) is 14.2 Å². The molecule has 8 nitrogen and oxygen atoms in total. The van der Waals surface area contributed by atoms with Crippen LogP contribution in [0.25, 0.3) is 10.9 Å². The highest BCUT2D eigenvalue weighted by Crippen LogP contribution is 2.44. The van der Waals surface area contributed by atoms with Gasteiger partial charge in [0.05, 0.1) is 13.7 Å². The summed E-state index contributed by atoms with van der Waals surface area (Å²) in [5.74, 6) is 0.620. The second-order valence-electron chi connectivity index (χ2n) is 9.47. The van der Waals surface area contributed by atoms with Crippen LogP contribution in [0.1, 0.15) is 49.6 Å². The molecule has 5 rings (SSSR count). The van der Waals surface area contributed by atoms with E-state index in [0.29, 0.717) is 44.8 Å². The molecule has 2 aliphatic heterocycles. The number of carbonyl (C=O) groups excluding carboxylic acids is 2. The van der Waals surface area contributed by atoms with Crippen LogP contribution in [0, 0.1) is 0 Å². The zero-order valence-corrected chi connectivity index (χ0v) is 21.7. The van der Waals surface area contributed by atoms with E-state index in [0.717, 1.165) is 27.7 Å². The Morgan fingerprint density at radius 3 is 2.51 bits per heavy atom. The molecule has 1 saturated heterocycles. The van der Waals surface area contributed by atoms with E-state index in [9.17, 15) is 9.59 Å². The van der Waals surface area contributed by atoms with E-state index in [1.807, 2.05) is 56.3 Å². The number of piperazine rings is 1. The first-order chi connectivity index (χ1) is 18.1. The van der Waals surface area contributed by atoms with Gasteiger partial charge in [0.15, 0.2) is 6.29 Å². The Morgan fingerprint density at radius 1 is 1.03 bits per heavy atom. The van der Waals surface area contributed by atoms with Gasteiger partial charge in [-0.2, -0.15) is 0 Å². The largest absolute Gasteiger partial charge is 0.496 e. The second kappa shape index (κ2) is 10.9. The van der Waals surface area contributed by atoms with Gasteiger partial charge < -0.3 is 29.0 Å². The van der Waals surface area contributed by atoms with Gasteiger partial charge in [-0.05, 0) is 38.0 Å². The van der Waals surface area contributed by atoms with Crippen LogP contribution >= 0.6 is 0 Å². The summed E-state index contributed by atoms with van der Waals surface area (Å²) >= 11 is 0. The zero-order valence-electron chi connectivity index (χ0n) is 21.7. The Bertz CT molecular complexity index is 1270. The van der Waals surface area contributed by atoms with Crippen LogP contribution < -0.4 is 4.74 Å². The van der Waals surface area contributed by atoms with Gasteiger partial charge in [-0.3, -0.25) is 9.59 Å². The minimum absolute atomic E-state index is 0.0141. The highest BCUT2D eigenvalue weighted by atomic mass is 16.7. The van der Waals surface area contributed by atoms with E-state index >= 15 is 0 Å². The summed E-state index contributed by atoms with van der Waals surface area (Å²) in [4.78, 5) is 34.6. The fourth-order valence-corrected chi connectivity index (χ4v) is 5.76. The van der Waals surface area contributed by atoms with Crippen molar-refractivity contribution in [3.05, 3.63) is 65.4 Å². The average Bonchev–Trinajstić information content (AvgIpc) is 3.29. The lowest BCUT2D eigenvalue weighted by Gasteiger charge is -2.47. The quantitative estimate of drug-likeness (QED) is 0.421. The molecule has 196 valence electrons.